The maximum Gasteiger partial charge on any atom is 0.259 e. The van der Waals surface area contributed by atoms with Crippen molar-refractivity contribution < 1.29 is 14.0 Å². The second-order valence-corrected chi connectivity index (χ2v) is 6.16. The van der Waals surface area contributed by atoms with Crippen molar-refractivity contribution in [2.75, 3.05) is 13.1 Å². The maximum absolute atomic E-state index is 14.9. The van der Waals surface area contributed by atoms with Gasteiger partial charge >= 0.3 is 0 Å². The predicted octanol–water partition coefficient (Wildman–Crippen LogP) is 2.68. The number of halogens is 1. The molecule has 2 amide bonds. The Morgan fingerprint density at radius 3 is 2.52 bits per heavy atom. The molecular formula is C18H25FN2O2. The van der Waals surface area contributed by atoms with Gasteiger partial charge in [0.2, 0.25) is 11.6 Å². The van der Waals surface area contributed by atoms with Crippen molar-refractivity contribution >= 4 is 11.8 Å². The van der Waals surface area contributed by atoms with Crippen LogP contribution in [0.5, 0.6) is 0 Å². The molecule has 1 aromatic rings. The highest BCUT2D eigenvalue weighted by molar-refractivity contribution is 5.88. The molecule has 4 nitrogen and oxygen atoms in total. The number of amides is 2. The Balaban J connectivity index is 1.92. The van der Waals surface area contributed by atoms with Crippen molar-refractivity contribution in [1.82, 2.24) is 10.2 Å². The van der Waals surface area contributed by atoms with Gasteiger partial charge in [-0.2, -0.15) is 0 Å². The lowest BCUT2D eigenvalue weighted by molar-refractivity contribution is -0.137. The Morgan fingerprint density at radius 2 is 1.91 bits per heavy atom. The number of carbonyl (C=O) groups excluding carboxylic acids is 2. The van der Waals surface area contributed by atoms with Gasteiger partial charge in [0.25, 0.3) is 5.91 Å². The molecule has 23 heavy (non-hydrogen) atoms. The van der Waals surface area contributed by atoms with E-state index in [0.717, 1.165) is 18.4 Å². The van der Waals surface area contributed by atoms with Crippen LogP contribution in [-0.4, -0.2) is 35.5 Å². The van der Waals surface area contributed by atoms with Gasteiger partial charge in [0.1, 0.15) is 0 Å². The van der Waals surface area contributed by atoms with E-state index in [9.17, 15) is 14.0 Å². The predicted molar refractivity (Wildman–Crippen MR) is 87.4 cm³/mol. The standard InChI is InChI=1S/C18H25FN2O2/c1-3-15(4-2)16(22)21-11-10-18(19,13-21)17(23)20-12-14-8-6-5-7-9-14/h5-9,15H,3-4,10-13H2,1-2H3,(H,20,23). The summed E-state index contributed by atoms with van der Waals surface area (Å²) in [4.78, 5) is 26.0. The van der Waals surface area contributed by atoms with Crippen LogP contribution in [0, 0.1) is 5.92 Å². The summed E-state index contributed by atoms with van der Waals surface area (Å²) in [5.41, 5.74) is -1.05. The number of nitrogens with zero attached hydrogens (tertiary/aromatic N) is 1. The molecule has 1 aliphatic rings. The maximum atomic E-state index is 14.9. The normalized spacial score (nSPS) is 20.8. The fraction of sp³-hybridized carbons (Fsp3) is 0.556. The molecule has 2 rings (SSSR count). The van der Waals surface area contributed by atoms with E-state index in [0.29, 0.717) is 13.1 Å². The minimum Gasteiger partial charge on any atom is -0.349 e. The first-order valence-corrected chi connectivity index (χ1v) is 8.30. The molecule has 5 heteroatoms. The first kappa shape index (κ1) is 17.4. The summed E-state index contributed by atoms with van der Waals surface area (Å²) < 4.78 is 14.9. The molecule has 0 saturated carbocycles. The molecule has 0 aliphatic carbocycles. The molecule has 1 unspecified atom stereocenters. The summed E-state index contributed by atoms with van der Waals surface area (Å²) in [5, 5.41) is 2.65. The fourth-order valence-electron chi connectivity index (χ4n) is 2.98. The van der Waals surface area contributed by atoms with Gasteiger partial charge in [-0.05, 0) is 18.4 Å². The Morgan fingerprint density at radius 1 is 1.26 bits per heavy atom. The molecule has 1 aliphatic heterocycles. The Hall–Kier alpha value is -1.91. The van der Waals surface area contributed by atoms with Gasteiger partial charge in [-0.15, -0.1) is 0 Å². The van der Waals surface area contributed by atoms with Gasteiger partial charge in [0.05, 0.1) is 6.54 Å². The molecule has 1 saturated heterocycles. The summed E-state index contributed by atoms with van der Waals surface area (Å²) in [7, 11) is 0. The van der Waals surface area contributed by atoms with E-state index in [1.165, 1.54) is 4.90 Å². The average Bonchev–Trinajstić information content (AvgIpc) is 2.98. The van der Waals surface area contributed by atoms with Gasteiger partial charge < -0.3 is 10.2 Å². The lowest BCUT2D eigenvalue weighted by Gasteiger charge is -2.23. The zero-order valence-corrected chi connectivity index (χ0v) is 13.8. The van der Waals surface area contributed by atoms with E-state index in [-0.39, 0.29) is 24.8 Å². The highest BCUT2D eigenvalue weighted by Crippen LogP contribution is 2.28. The largest absolute Gasteiger partial charge is 0.349 e. The minimum absolute atomic E-state index is 0.0367. The number of carbonyl (C=O) groups is 2. The molecule has 1 atom stereocenters. The molecule has 1 heterocycles. The fourth-order valence-corrected chi connectivity index (χ4v) is 2.98. The van der Waals surface area contributed by atoms with Crippen molar-refractivity contribution in [2.45, 2.75) is 45.3 Å². The van der Waals surface area contributed by atoms with Crippen LogP contribution in [0.2, 0.25) is 0 Å². The van der Waals surface area contributed by atoms with Crippen LogP contribution < -0.4 is 5.32 Å². The van der Waals surface area contributed by atoms with E-state index in [1.54, 1.807) is 0 Å². The highest BCUT2D eigenvalue weighted by atomic mass is 19.1. The number of alkyl halides is 1. The smallest absolute Gasteiger partial charge is 0.259 e. The second-order valence-electron chi connectivity index (χ2n) is 6.16. The molecule has 1 aromatic carbocycles. The summed E-state index contributed by atoms with van der Waals surface area (Å²) >= 11 is 0. The van der Waals surface area contributed by atoms with Crippen LogP contribution in [0.1, 0.15) is 38.7 Å². The number of hydrogen-bond acceptors (Lipinski definition) is 2. The minimum atomic E-state index is -1.98. The third kappa shape index (κ3) is 4.09. The van der Waals surface area contributed by atoms with Gasteiger partial charge in [0, 0.05) is 25.4 Å². The molecule has 0 bridgehead atoms. The second kappa shape index (κ2) is 7.57. The van der Waals surface area contributed by atoms with E-state index in [2.05, 4.69) is 5.32 Å². The number of likely N-dealkylation sites (tertiary alicyclic amines) is 1. The molecule has 126 valence electrons. The van der Waals surface area contributed by atoms with Crippen molar-refractivity contribution in [3.63, 3.8) is 0 Å². The van der Waals surface area contributed by atoms with E-state index in [4.69, 9.17) is 0 Å². The third-order valence-corrected chi connectivity index (χ3v) is 4.57. The summed E-state index contributed by atoms with van der Waals surface area (Å²) in [6.45, 7) is 4.38. The van der Waals surface area contributed by atoms with Crippen LogP contribution >= 0.6 is 0 Å². The number of nitrogens with one attached hydrogen (secondary N) is 1. The quantitative estimate of drug-likeness (QED) is 0.876. The third-order valence-electron chi connectivity index (χ3n) is 4.57. The van der Waals surface area contributed by atoms with Crippen molar-refractivity contribution in [3.8, 4) is 0 Å². The summed E-state index contributed by atoms with van der Waals surface area (Å²) in [5.74, 6) is -0.740. The molecule has 1 fully saturated rings. The first-order valence-electron chi connectivity index (χ1n) is 8.30. The molecule has 0 aromatic heterocycles. The molecule has 1 N–H and O–H groups in total. The lowest BCUT2D eigenvalue weighted by Crippen LogP contribution is -2.46. The van der Waals surface area contributed by atoms with Crippen LogP contribution in [0.4, 0.5) is 4.39 Å². The van der Waals surface area contributed by atoms with Crippen LogP contribution in [0.25, 0.3) is 0 Å². The van der Waals surface area contributed by atoms with Crippen LogP contribution in [0.15, 0.2) is 30.3 Å². The number of benzene rings is 1. The van der Waals surface area contributed by atoms with Crippen molar-refractivity contribution in [1.29, 1.82) is 0 Å². The van der Waals surface area contributed by atoms with E-state index < -0.39 is 11.6 Å². The summed E-state index contributed by atoms with van der Waals surface area (Å²) in [6.07, 6.45) is 1.55. The lowest BCUT2D eigenvalue weighted by atomic mass is 10.0. The highest BCUT2D eigenvalue weighted by Gasteiger charge is 2.47. The SMILES string of the molecule is CCC(CC)C(=O)N1CCC(F)(C(=O)NCc2ccccc2)C1. The van der Waals surface area contributed by atoms with Crippen LogP contribution in [0.3, 0.4) is 0 Å². The van der Waals surface area contributed by atoms with Gasteiger partial charge in [-0.25, -0.2) is 4.39 Å². The van der Waals surface area contributed by atoms with Crippen molar-refractivity contribution in [3.05, 3.63) is 35.9 Å². The Bertz CT molecular complexity index is 545. The zero-order valence-electron chi connectivity index (χ0n) is 13.8. The molecular weight excluding hydrogens is 295 g/mol. The Kier molecular flexibility index (Phi) is 5.74. The topological polar surface area (TPSA) is 49.4 Å². The van der Waals surface area contributed by atoms with Gasteiger partial charge in [-0.3, -0.25) is 9.59 Å². The van der Waals surface area contributed by atoms with Crippen LogP contribution in [-0.2, 0) is 16.1 Å². The van der Waals surface area contributed by atoms with E-state index >= 15 is 0 Å². The van der Waals surface area contributed by atoms with Gasteiger partial charge in [-0.1, -0.05) is 44.2 Å². The average molecular weight is 320 g/mol. The summed E-state index contributed by atoms with van der Waals surface area (Å²) in [6, 6.07) is 9.39. The number of rotatable bonds is 6. The van der Waals surface area contributed by atoms with E-state index in [1.807, 2.05) is 44.2 Å². The van der Waals surface area contributed by atoms with Gasteiger partial charge in [0.15, 0.2) is 0 Å². The monoisotopic (exact) mass is 320 g/mol. The Labute approximate surface area is 137 Å². The molecule has 0 spiro atoms. The van der Waals surface area contributed by atoms with Crippen molar-refractivity contribution in [2.24, 2.45) is 5.92 Å². The first-order chi connectivity index (χ1) is 11.0. The zero-order chi connectivity index (χ0) is 16.9. The molecule has 0 radical (unpaired) electrons. The number of hydrogen-bond donors (Lipinski definition) is 1.